The molecule has 10 unspecified atom stereocenters. The summed E-state index contributed by atoms with van der Waals surface area (Å²) in [5.74, 6) is 6.73. The maximum atomic E-state index is 13.2. The van der Waals surface area contributed by atoms with Crippen LogP contribution in [0.4, 0.5) is 0 Å². The number of carbonyl (C=O) groups excluding carboxylic acids is 1. The molecule has 6 rings (SSSR count). The van der Waals surface area contributed by atoms with Crippen molar-refractivity contribution in [1.82, 2.24) is 0 Å². The Morgan fingerprint density at radius 1 is 1.08 bits per heavy atom. The Hall–Kier alpha value is -0.790. The molecular formula is C22H30O2. The fourth-order valence-electron chi connectivity index (χ4n) is 8.59. The van der Waals surface area contributed by atoms with Gasteiger partial charge in [-0.15, -0.1) is 0 Å². The third kappa shape index (κ3) is 1.66. The van der Waals surface area contributed by atoms with E-state index in [4.69, 9.17) is 4.74 Å². The van der Waals surface area contributed by atoms with Crippen molar-refractivity contribution in [3.05, 3.63) is 12.2 Å². The van der Waals surface area contributed by atoms with E-state index in [2.05, 4.69) is 19.1 Å². The molecule has 0 saturated heterocycles. The van der Waals surface area contributed by atoms with Gasteiger partial charge in [-0.05, 0) is 98.7 Å². The number of allylic oxidation sites excluding steroid dienone is 2. The topological polar surface area (TPSA) is 26.3 Å². The van der Waals surface area contributed by atoms with Crippen LogP contribution in [0.2, 0.25) is 0 Å². The zero-order chi connectivity index (χ0) is 16.1. The summed E-state index contributed by atoms with van der Waals surface area (Å²) in [6.07, 6.45) is 15.0. The minimum absolute atomic E-state index is 0.0875. The predicted molar refractivity (Wildman–Crippen MR) is 92.0 cm³/mol. The lowest BCUT2D eigenvalue weighted by molar-refractivity contribution is -0.174. The monoisotopic (exact) mass is 326 g/mol. The number of carbonyl (C=O) groups is 1. The second-order valence-electron chi connectivity index (χ2n) is 10.0. The molecule has 0 radical (unpaired) electrons. The molecule has 0 heterocycles. The Kier molecular flexibility index (Phi) is 2.80. The normalized spacial score (nSPS) is 58.6. The molecule has 10 atom stereocenters. The van der Waals surface area contributed by atoms with E-state index in [1.165, 1.54) is 32.1 Å². The van der Waals surface area contributed by atoms with Gasteiger partial charge in [-0.25, -0.2) is 0 Å². The maximum Gasteiger partial charge on any atom is 0.309 e. The van der Waals surface area contributed by atoms with E-state index in [0.717, 1.165) is 54.8 Å². The van der Waals surface area contributed by atoms with Gasteiger partial charge in [0.2, 0.25) is 0 Å². The minimum atomic E-state index is -0.0875. The van der Waals surface area contributed by atoms with E-state index in [1.807, 2.05) is 0 Å². The molecule has 5 fully saturated rings. The Balaban J connectivity index is 1.22. The molecule has 24 heavy (non-hydrogen) atoms. The Morgan fingerprint density at radius 2 is 1.92 bits per heavy atom. The molecule has 0 aromatic rings. The van der Waals surface area contributed by atoms with Gasteiger partial charge in [0.05, 0.1) is 5.92 Å². The summed E-state index contributed by atoms with van der Waals surface area (Å²) >= 11 is 0. The highest BCUT2D eigenvalue weighted by Crippen LogP contribution is 2.67. The first-order chi connectivity index (χ1) is 11.7. The summed E-state index contributed by atoms with van der Waals surface area (Å²) in [5.41, 5.74) is -0.0875. The van der Waals surface area contributed by atoms with E-state index in [0.29, 0.717) is 11.8 Å². The van der Waals surface area contributed by atoms with Crippen molar-refractivity contribution in [1.29, 1.82) is 0 Å². The van der Waals surface area contributed by atoms with E-state index in [-0.39, 0.29) is 17.5 Å². The number of fused-ring (bicyclic) bond motifs is 11. The molecular weight excluding hydrogens is 296 g/mol. The van der Waals surface area contributed by atoms with Crippen molar-refractivity contribution in [3.8, 4) is 0 Å². The van der Waals surface area contributed by atoms with Crippen LogP contribution in [0.15, 0.2) is 12.2 Å². The second kappa shape index (κ2) is 4.68. The summed E-state index contributed by atoms with van der Waals surface area (Å²) in [4.78, 5) is 13.2. The summed E-state index contributed by atoms with van der Waals surface area (Å²) < 4.78 is 6.39. The largest absolute Gasteiger partial charge is 0.459 e. The Morgan fingerprint density at radius 3 is 2.62 bits per heavy atom. The van der Waals surface area contributed by atoms with Crippen LogP contribution in [-0.2, 0) is 9.53 Å². The van der Waals surface area contributed by atoms with Gasteiger partial charge in [0.1, 0.15) is 5.60 Å². The van der Waals surface area contributed by atoms with E-state index < -0.39 is 0 Å². The number of hydrogen-bond donors (Lipinski definition) is 0. The van der Waals surface area contributed by atoms with Crippen LogP contribution in [0.25, 0.3) is 0 Å². The van der Waals surface area contributed by atoms with Gasteiger partial charge in [-0.2, -0.15) is 0 Å². The number of ether oxygens (including phenoxy) is 1. The molecule has 2 heteroatoms. The van der Waals surface area contributed by atoms with Gasteiger partial charge >= 0.3 is 5.97 Å². The fraction of sp³-hybridized carbons (Fsp3) is 0.864. The SMILES string of the molecule is CCC1(OC(=O)C2CC3CC2C2C4C=CC(C4)C32)CC2CCC1C2. The molecule has 2 nitrogen and oxygen atoms in total. The lowest BCUT2D eigenvalue weighted by Gasteiger charge is -2.40. The first kappa shape index (κ1) is 14.4. The fourth-order valence-corrected chi connectivity index (χ4v) is 8.59. The zero-order valence-corrected chi connectivity index (χ0v) is 14.8. The average molecular weight is 326 g/mol. The van der Waals surface area contributed by atoms with Gasteiger partial charge in [-0.3, -0.25) is 4.79 Å². The van der Waals surface area contributed by atoms with Gasteiger partial charge in [-0.1, -0.05) is 19.1 Å². The van der Waals surface area contributed by atoms with E-state index in [1.54, 1.807) is 0 Å². The average Bonchev–Trinajstić information content (AvgIpc) is 3.41. The molecule has 130 valence electrons. The highest BCUT2D eigenvalue weighted by Gasteiger charge is 2.63. The van der Waals surface area contributed by atoms with Crippen LogP contribution in [0, 0.1) is 53.3 Å². The number of rotatable bonds is 3. The maximum absolute atomic E-state index is 13.2. The molecule has 0 N–H and O–H groups in total. The minimum Gasteiger partial charge on any atom is -0.459 e. The van der Waals surface area contributed by atoms with Crippen molar-refractivity contribution < 1.29 is 9.53 Å². The molecule has 6 bridgehead atoms. The Labute approximate surface area is 145 Å². The standard InChI is InChI=1S/C22H30O2/c1-2-22(11-12-3-6-16(22)7-12)24-21(23)18-10-15-9-17(18)20-14-5-4-13(8-14)19(15)20/h4-5,12-20H,2-3,6-11H2,1H3. The number of esters is 1. The highest BCUT2D eigenvalue weighted by atomic mass is 16.6. The van der Waals surface area contributed by atoms with Gasteiger partial charge < -0.3 is 4.74 Å². The first-order valence-electron chi connectivity index (χ1n) is 10.6. The lowest BCUT2D eigenvalue weighted by Crippen LogP contribution is -2.43. The zero-order valence-electron chi connectivity index (χ0n) is 14.8. The highest BCUT2D eigenvalue weighted by molar-refractivity contribution is 5.74. The van der Waals surface area contributed by atoms with Crippen LogP contribution < -0.4 is 0 Å². The van der Waals surface area contributed by atoms with Gasteiger partial charge in [0.15, 0.2) is 0 Å². The predicted octanol–water partition coefficient (Wildman–Crippen LogP) is 4.59. The van der Waals surface area contributed by atoms with Crippen molar-refractivity contribution in [2.45, 2.75) is 63.9 Å². The van der Waals surface area contributed by atoms with Crippen LogP contribution in [0.1, 0.15) is 58.3 Å². The molecule has 0 amide bonds. The smallest absolute Gasteiger partial charge is 0.309 e. The molecule has 0 aromatic heterocycles. The summed E-state index contributed by atoms with van der Waals surface area (Å²) in [6, 6.07) is 0. The lowest BCUT2D eigenvalue weighted by atomic mass is 9.69. The molecule has 0 aliphatic heterocycles. The Bertz CT molecular complexity index is 609. The summed E-state index contributed by atoms with van der Waals surface area (Å²) in [6.45, 7) is 2.24. The summed E-state index contributed by atoms with van der Waals surface area (Å²) in [5, 5.41) is 0. The quantitative estimate of drug-likeness (QED) is 0.431. The second-order valence-corrected chi connectivity index (χ2v) is 10.0. The number of hydrogen-bond acceptors (Lipinski definition) is 2. The van der Waals surface area contributed by atoms with Crippen LogP contribution in [-0.4, -0.2) is 11.6 Å². The molecule has 5 saturated carbocycles. The molecule has 6 aliphatic rings. The molecule has 0 aromatic carbocycles. The van der Waals surface area contributed by atoms with Crippen molar-refractivity contribution >= 4 is 5.97 Å². The van der Waals surface area contributed by atoms with Gasteiger partial charge in [0.25, 0.3) is 0 Å². The van der Waals surface area contributed by atoms with Crippen molar-refractivity contribution in [2.75, 3.05) is 0 Å². The molecule has 6 aliphatic carbocycles. The van der Waals surface area contributed by atoms with Gasteiger partial charge in [0, 0.05) is 0 Å². The van der Waals surface area contributed by atoms with E-state index >= 15 is 0 Å². The van der Waals surface area contributed by atoms with Crippen LogP contribution in [0.3, 0.4) is 0 Å². The molecule has 0 spiro atoms. The third-order valence-corrected chi connectivity index (χ3v) is 9.39. The van der Waals surface area contributed by atoms with Crippen molar-refractivity contribution in [2.24, 2.45) is 53.3 Å². The van der Waals surface area contributed by atoms with E-state index in [9.17, 15) is 4.79 Å². The summed E-state index contributed by atoms with van der Waals surface area (Å²) in [7, 11) is 0. The van der Waals surface area contributed by atoms with Crippen LogP contribution >= 0.6 is 0 Å². The van der Waals surface area contributed by atoms with Crippen molar-refractivity contribution in [3.63, 3.8) is 0 Å². The van der Waals surface area contributed by atoms with Crippen LogP contribution in [0.5, 0.6) is 0 Å². The third-order valence-electron chi connectivity index (χ3n) is 9.39. The first-order valence-corrected chi connectivity index (χ1v) is 10.6.